The van der Waals surface area contributed by atoms with Crippen LogP contribution in [0.15, 0.2) is 18.2 Å². The highest BCUT2D eigenvalue weighted by Gasteiger charge is 2.10. The number of aryl methyl sites for hydroxylation is 1. The molecule has 0 aliphatic heterocycles. The van der Waals surface area contributed by atoms with Gasteiger partial charge in [-0.1, -0.05) is 26.0 Å². The van der Waals surface area contributed by atoms with Gasteiger partial charge in [-0.25, -0.2) is 0 Å². The molecule has 0 unspecified atom stereocenters. The minimum Gasteiger partial charge on any atom is -0.483 e. The molecule has 2 amide bonds. The van der Waals surface area contributed by atoms with Gasteiger partial charge >= 0.3 is 0 Å². The molecule has 0 heterocycles. The van der Waals surface area contributed by atoms with Gasteiger partial charge < -0.3 is 4.74 Å². The standard InChI is InChI=1S/C15H22N2O3S/c1-10(2)12-6-5-11(3)7-13(12)20-8-14(18)16-17-15(19)9-21-4/h5-7,10H,8-9H2,1-4H3,(H,16,18)(H,17,19). The number of nitrogens with one attached hydrogen (secondary N) is 2. The molecule has 1 aromatic carbocycles. The fraction of sp³-hybridized carbons (Fsp3) is 0.467. The van der Waals surface area contributed by atoms with Gasteiger partial charge in [0, 0.05) is 0 Å². The predicted octanol–water partition coefficient (Wildman–Crippen LogP) is 2.01. The van der Waals surface area contributed by atoms with E-state index in [0.29, 0.717) is 17.4 Å². The summed E-state index contributed by atoms with van der Waals surface area (Å²) in [5.74, 6) is 0.687. The lowest BCUT2D eigenvalue weighted by Crippen LogP contribution is -2.44. The van der Waals surface area contributed by atoms with Crippen molar-refractivity contribution in [1.29, 1.82) is 0 Å². The van der Waals surface area contributed by atoms with Gasteiger partial charge in [-0.05, 0) is 36.3 Å². The molecule has 0 aliphatic rings. The second-order valence-electron chi connectivity index (χ2n) is 5.01. The molecule has 0 atom stereocenters. The van der Waals surface area contributed by atoms with Gasteiger partial charge in [0.25, 0.3) is 5.91 Å². The number of carbonyl (C=O) groups excluding carboxylic acids is 2. The molecule has 0 bridgehead atoms. The van der Waals surface area contributed by atoms with Gasteiger partial charge in [0.15, 0.2) is 6.61 Å². The molecule has 1 rings (SSSR count). The molecule has 2 N–H and O–H groups in total. The lowest BCUT2D eigenvalue weighted by atomic mass is 10.0. The molecule has 0 saturated heterocycles. The van der Waals surface area contributed by atoms with Crippen LogP contribution in [-0.4, -0.2) is 30.4 Å². The molecule has 5 nitrogen and oxygen atoms in total. The highest BCUT2D eigenvalue weighted by molar-refractivity contribution is 7.99. The number of rotatable bonds is 6. The normalized spacial score (nSPS) is 10.3. The van der Waals surface area contributed by atoms with Gasteiger partial charge in [0.1, 0.15) is 5.75 Å². The van der Waals surface area contributed by atoms with E-state index in [4.69, 9.17) is 4.74 Å². The van der Waals surface area contributed by atoms with Crippen molar-refractivity contribution in [2.45, 2.75) is 26.7 Å². The lowest BCUT2D eigenvalue weighted by molar-refractivity contribution is -0.128. The third-order valence-corrected chi connectivity index (χ3v) is 3.32. The topological polar surface area (TPSA) is 67.4 Å². The van der Waals surface area contributed by atoms with E-state index in [0.717, 1.165) is 11.1 Å². The Morgan fingerprint density at radius 2 is 1.90 bits per heavy atom. The minimum atomic E-state index is -0.388. The van der Waals surface area contributed by atoms with Crippen molar-refractivity contribution in [3.05, 3.63) is 29.3 Å². The maximum absolute atomic E-state index is 11.6. The van der Waals surface area contributed by atoms with E-state index < -0.39 is 0 Å². The van der Waals surface area contributed by atoms with Crippen molar-refractivity contribution in [3.8, 4) is 5.75 Å². The summed E-state index contributed by atoms with van der Waals surface area (Å²) in [6.45, 7) is 5.98. The van der Waals surface area contributed by atoms with Crippen LogP contribution in [0, 0.1) is 6.92 Å². The largest absolute Gasteiger partial charge is 0.483 e. The first-order valence-electron chi connectivity index (χ1n) is 6.74. The Morgan fingerprint density at radius 1 is 1.24 bits per heavy atom. The SMILES string of the molecule is CSCC(=O)NNC(=O)COc1cc(C)ccc1C(C)C. The first-order chi connectivity index (χ1) is 9.93. The van der Waals surface area contributed by atoms with Gasteiger partial charge in [-0.15, -0.1) is 0 Å². The van der Waals surface area contributed by atoms with E-state index in [1.54, 1.807) is 0 Å². The first kappa shape index (κ1) is 17.4. The number of hydrogen-bond donors (Lipinski definition) is 2. The molecule has 6 heteroatoms. The summed E-state index contributed by atoms with van der Waals surface area (Å²) in [4.78, 5) is 22.9. The Bertz CT molecular complexity index is 504. The van der Waals surface area contributed by atoms with E-state index in [2.05, 4.69) is 24.7 Å². The molecule has 0 spiro atoms. The van der Waals surface area contributed by atoms with Crippen molar-refractivity contribution in [2.75, 3.05) is 18.6 Å². The van der Waals surface area contributed by atoms with E-state index in [1.807, 2.05) is 31.4 Å². The second-order valence-corrected chi connectivity index (χ2v) is 5.88. The average molecular weight is 310 g/mol. The molecule has 21 heavy (non-hydrogen) atoms. The molecule has 116 valence electrons. The van der Waals surface area contributed by atoms with E-state index >= 15 is 0 Å². The molecular weight excluding hydrogens is 288 g/mol. The number of thioether (sulfide) groups is 1. The molecule has 1 aromatic rings. The summed E-state index contributed by atoms with van der Waals surface area (Å²) in [5.41, 5.74) is 6.78. The summed E-state index contributed by atoms with van der Waals surface area (Å²) in [5, 5.41) is 0. The van der Waals surface area contributed by atoms with Crippen LogP contribution >= 0.6 is 11.8 Å². The Kier molecular flexibility index (Phi) is 7.08. The van der Waals surface area contributed by atoms with E-state index in [9.17, 15) is 9.59 Å². The number of amides is 2. The highest BCUT2D eigenvalue weighted by Crippen LogP contribution is 2.27. The predicted molar refractivity (Wildman–Crippen MR) is 85.4 cm³/mol. The van der Waals surface area contributed by atoms with Crippen LogP contribution < -0.4 is 15.6 Å². The number of hydrogen-bond acceptors (Lipinski definition) is 4. The summed E-state index contributed by atoms with van der Waals surface area (Å²) in [6, 6.07) is 5.94. The zero-order valence-electron chi connectivity index (χ0n) is 12.9. The Morgan fingerprint density at radius 3 is 2.52 bits per heavy atom. The quantitative estimate of drug-likeness (QED) is 0.789. The third kappa shape index (κ3) is 6.08. The maximum Gasteiger partial charge on any atom is 0.276 e. The van der Waals surface area contributed by atoms with Crippen LogP contribution in [0.3, 0.4) is 0 Å². The van der Waals surface area contributed by atoms with Crippen LogP contribution in [0.5, 0.6) is 5.75 Å². The van der Waals surface area contributed by atoms with Crippen LogP contribution in [-0.2, 0) is 9.59 Å². The number of hydrazine groups is 1. The Balaban J connectivity index is 2.53. The smallest absolute Gasteiger partial charge is 0.276 e. The molecule has 0 aromatic heterocycles. The van der Waals surface area contributed by atoms with Crippen LogP contribution in [0.25, 0.3) is 0 Å². The average Bonchev–Trinajstić information content (AvgIpc) is 2.43. The summed E-state index contributed by atoms with van der Waals surface area (Å²) in [6.07, 6.45) is 1.82. The van der Waals surface area contributed by atoms with Crippen molar-refractivity contribution < 1.29 is 14.3 Å². The van der Waals surface area contributed by atoms with Gasteiger partial charge in [-0.2, -0.15) is 11.8 Å². The summed E-state index contributed by atoms with van der Waals surface area (Å²) in [7, 11) is 0. The monoisotopic (exact) mass is 310 g/mol. The van der Waals surface area contributed by atoms with Crippen molar-refractivity contribution in [1.82, 2.24) is 10.9 Å². The third-order valence-electron chi connectivity index (χ3n) is 2.77. The number of benzene rings is 1. The van der Waals surface area contributed by atoms with Crippen molar-refractivity contribution in [2.24, 2.45) is 0 Å². The molecule has 0 fully saturated rings. The van der Waals surface area contributed by atoms with Gasteiger partial charge in [-0.3, -0.25) is 20.4 Å². The van der Waals surface area contributed by atoms with E-state index in [1.165, 1.54) is 11.8 Å². The zero-order chi connectivity index (χ0) is 15.8. The van der Waals surface area contributed by atoms with Crippen molar-refractivity contribution in [3.63, 3.8) is 0 Å². The molecule has 0 aliphatic carbocycles. The Hall–Kier alpha value is -1.69. The van der Waals surface area contributed by atoms with Crippen molar-refractivity contribution >= 4 is 23.6 Å². The number of carbonyl (C=O) groups is 2. The maximum atomic E-state index is 11.6. The molecular formula is C15H22N2O3S. The highest BCUT2D eigenvalue weighted by atomic mass is 32.2. The van der Waals surface area contributed by atoms with E-state index in [-0.39, 0.29) is 18.4 Å². The summed E-state index contributed by atoms with van der Waals surface area (Å²) >= 11 is 1.38. The molecule has 0 radical (unpaired) electrons. The second kappa shape index (κ2) is 8.56. The minimum absolute atomic E-state index is 0.136. The molecule has 0 saturated carbocycles. The van der Waals surface area contributed by atoms with Gasteiger partial charge in [0.2, 0.25) is 5.91 Å². The number of ether oxygens (including phenoxy) is 1. The van der Waals surface area contributed by atoms with Crippen LogP contribution in [0.1, 0.15) is 30.9 Å². The van der Waals surface area contributed by atoms with Crippen LogP contribution in [0.2, 0.25) is 0 Å². The van der Waals surface area contributed by atoms with Crippen LogP contribution in [0.4, 0.5) is 0 Å². The van der Waals surface area contributed by atoms with Gasteiger partial charge in [0.05, 0.1) is 5.75 Å². The fourth-order valence-electron chi connectivity index (χ4n) is 1.73. The zero-order valence-corrected chi connectivity index (χ0v) is 13.7. The lowest BCUT2D eigenvalue weighted by Gasteiger charge is -2.15. The Labute approximate surface area is 129 Å². The summed E-state index contributed by atoms with van der Waals surface area (Å²) < 4.78 is 5.56. The first-order valence-corrected chi connectivity index (χ1v) is 8.13. The fourth-order valence-corrected chi connectivity index (χ4v) is 2.06.